The van der Waals surface area contributed by atoms with Crippen LogP contribution in [-0.2, 0) is 5.54 Å². The fourth-order valence-corrected chi connectivity index (χ4v) is 4.19. The maximum absolute atomic E-state index is 6.65. The van der Waals surface area contributed by atoms with Gasteiger partial charge in [-0.3, -0.25) is 4.90 Å². The topological polar surface area (TPSA) is 42.1 Å². The van der Waals surface area contributed by atoms with Crippen molar-refractivity contribution in [1.82, 2.24) is 9.88 Å². The minimum atomic E-state index is -0.166. The van der Waals surface area contributed by atoms with Gasteiger partial charge in [0.25, 0.3) is 0 Å². The Kier molecular flexibility index (Phi) is 2.35. The van der Waals surface area contributed by atoms with Crippen LogP contribution in [0.3, 0.4) is 0 Å². The number of thiazole rings is 1. The van der Waals surface area contributed by atoms with Crippen molar-refractivity contribution in [2.45, 2.75) is 44.7 Å². The molecule has 2 saturated heterocycles. The molecule has 0 amide bonds. The Bertz CT molecular complexity index is 395. The van der Waals surface area contributed by atoms with Crippen LogP contribution in [0, 0.1) is 13.8 Å². The second kappa shape index (κ2) is 3.52. The first-order valence-electron chi connectivity index (χ1n) is 6.09. The highest BCUT2D eigenvalue weighted by Crippen LogP contribution is 2.42. The maximum atomic E-state index is 6.65. The molecule has 3 rings (SSSR count). The van der Waals surface area contributed by atoms with Crippen LogP contribution in [-0.4, -0.2) is 29.0 Å². The quantitative estimate of drug-likeness (QED) is 0.809. The molecule has 0 bridgehead atoms. The van der Waals surface area contributed by atoms with Crippen LogP contribution in [0.4, 0.5) is 0 Å². The van der Waals surface area contributed by atoms with Gasteiger partial charge in [-0.1, -0.05) is 0 Å². The number of hydrogen-bond acceptors (Lipinski definition) is 4. The summed E-state index contributed by atoms with van der Waals surface area (Å²) in [6, 6.07) is 0.539. The smallest absolute Gasteiger partial charge is 0.115 e. The van der Waals surface area contributed by atoms with Gasteiger partial charge in [0.05, 0.1) is 11.2 Å². The van der Waals surface area contributed by atoms with E-state index in [1.165, 1.54) is 24.3 Å². The average Bonchev–Trinajstić information content (AvgIpc) is 2.88. The number of fused-ring (bicyclic) bond motifs is 1. The molecule has 0 radical (unpaired) electrons. The molecule has 0 aromatic carbocycles. The molecule has 0 saturated carbocycles. The summed E-state index contributed by atoms with van der Waals surface area (Å²) in [4.78, 5) is 8.55. The van der Waals surface area contributed by atoms with Crippen LogP contribution in [0.2, 0.25) is 0 Å². The Morgan fingerprint density at radius 1 is 1.44 bits per heavy atom. The number of aryl methyl sites for hydroxylation is 2. The van der Waals surface area contributed by atoms with E-state index in [0.717, 1.165) is 23.7 Å². The van der Waals surface area contributed by atoms with E-state index in [0.29, 0.717) is 6.04 Å². The van der Waals surface area contributed by atoms with Crippen molar-refractivity contribution in [1.29, 1.82) is 0 Å². The fraction of sp³-hybridized carbons (Fsp3) is 0.750. The third-order valence-corrected chi connectivity index (χ3v) is 5.46. The standard InChI is InChI=1S/C12H19N3S/c1-8-9(2)16-11(14-8)12(13)5-7-15-6-3-4-10(12)15/h10H,3-7,13H2,1-2H3. The molecule has 2 fully saturated rings. The first-order chi connectivity index (χ1) is 7.61. The molecule has 2 atom stereocenters. The number of rotatable bonds is 1. The van der Waals surface area contributed by atoms with Gasteiger partial charge in [0.15, 0.2) is 0 Å². The van der Waals surface area contributed by atoms with E-state index in [4.69, 9.17) is 10.7 Å². The number of aromatic nitrogens is 1. The van der Waals surface area contributed by atoms with Crippen LogP contribution < -0.4 is 5.73 Å². The Morgan fingerprint density at radius 3 is 2.94 bits per heavy atom. The van der Waals surface area contributed by atoms with Crippen LogP contribution in [0.15, 0.2) is 0 Å². The zero-order valence-electron chi connectivity index (χ0n) is 9.99. The Hall–Kier alpha value is -0.450. The van der Waals surface area contributed by atoms with Gasteiger partial charge < -0.3 is 5.73 Å². The molecule has 2 N–H and O–H groups in total. The van der Waals surface area contributed by atoms with Crippen molar-refractivity contribution in [3.8, 4) is 0 Å². The largest absolute Gasteiger partial charge is 0.318 e. The van der Waals surface area contributed by atoms with Gasteiger partial charge in [-0.15, -0.1) is 11.3 Å². The molecule has 88 valence electrons. The van der Waals surface area contributed by atoms with E-state index in [2.05, 4.69) is 18.7 Å². The molecule has 2 aliphatic rings. The maximum Gasteiger partial charge on any atom is 0.115 e. The third kappa shape index (κ3) is 1.36. The van der Waals surface area contributed by atoms with E-state index >= 15 is 0 Å². The summed E-state index contributed by atoms with van der Waals surface area (Å²) in [5.74, 6) is 0. The lowest BCUT2D eigenvalue weighted by Gasteiger charge is -2.29. The van der Waals surface area contributed by atoms with Crippen molar-refractivity contribution in [2.24, 2.45) is 5.73 Å². The van der Waals surface area contributed by atoms with Gasteiger partial charge >= 0.3 is 0 Å². The summed E-state index contributed by atoms with van der Waals surface area (Å²) in [5.41, 5.74) is 7.64. The van der Waals surface area contributed by atoms with E-state index < -0.39 is 0 Å². The summed E-state index contributed by atoms with van der Waals surface area (Å²) in [7, 11) is 0. The Morgan fingerprint density at radius 2 is 2.25 bits per heavy atom. The summed E-state index contributed by atoms with van der Waals surface area (Å²) in [5, 5.41) is 1.16. The van der Waals surface area contributed by atoms with Crippen LogP contribution >= 0.6 is 11.3 Å². The molecule has 1 aromatic heterocycles. The molecule has 0 aliphatic carbocycles. The number of nitrogens with two attached hydrogens (primary N) is 1. The molecule has 4 heteroatoms. The van der Waals surface area contributed by atoms with Gasteiger partial charge in [0, 0.05) is 17.5 Å². The molecular weight excluding hydrogens is 218 g/mol. The van der Waals surface area contributed by atoms with E-state index in [-0.39, 0.29) is 5.54 Å². The predicted molar refractivity (Wildman–Crippen MR) is 66.7 cm³/mol. The molecular formula is C12H19N3S. The summed E-state index contributed by atoms with van der Waals surface area (Å²) in [6.45, 7) is 6.60. The van der Waals surface area contributed by atoms with Gasteiger partial charge in [0.2, 0.25) is 0 Å². The van der Waals surface area contributed by atoms with Gasteiger partial charge in [0.1, 0.15) is 5.01 Å². The van der Waals surface area contributed by atoms with Gasteiger partial charge in [-0.25, -0.2) is 4.98 Å². The lowest BCUT2D eigenvalue weighted by atomic mass is 9.90. The summed E-state index contributed by atoms with van der Waals surface area (Å²) >= 11 is 1.80. The first kappa shape index (κ1) is 10.7. The molecule has 16 heavy (non-hydrogen) atoms. The van der Waals surface area contributed by atoms with Crippen molar-refractivity contribution in [3.63, 3.8) is 0 Å². The molecule has 1 aromatic rings. The monoisotopic (exact) mass is 237 g/mol. The fourth-order valence-electron chi connectivity index (χ4n) is 3.09. The number of nitrogens with zero attached hydrogens (tertiary/aromatic N) is 2. The molecule has 3 heterocycles. The number of hydrogen-bond donors (Lipinski definition) is 1. The minimum Gasteiger partial charge on any atom is -0.318 e. The second-order valence-corrected chi connectivity index (χ2v) is 6.35. The van der Waals surface area contributed by atoms with Crippen molar-refractivity contribution >= 4 is 11.3 Å². The zero-order chi connectivity index (χ0) is 11.3. The highest BCUT2D eigenvalue weighted by atomic mass is 32.1. The van der Waals surface area contributed by atoms with Crippen molar-refractivity contribution < 1.29 is 0 Å². The van der Waals surface area contributed by atoms with E-state index in [9.17, 15) is 0 Å². The van der Waals surface area contributed by atoms with Crippen LogP contribution in [0.25, 0.3) is 0 Å². The lowest BCUT2D eigenvalue weighted by molar-refractivity contribution is 0.265. The highest BCUT2D eigenvalue weighted by molar-refractivity contribution is 7.11. The molecule has 3 nitrogen and oxygen atoms in total. The molecule has 0 spiro atoms. The second-order valence-electron chi connectivity index (χ2n) is 5.14. The van der Waals surface area contributed by atoms with Crippen LogP contribution in [0.1, 0.15) is 34.8 Å². The molecule has 2 unspecified atom stereocenters. The average molecular weight is 237 g/mol. The predicted octanol–water partition coefficient (Wildman–Crippen LogP) is 1.78. The van der Waals surface area contributed by atoms with Gasteiger partial charge in [-0.05, 0) is 39.7 Å². The lowest BCUT2D eigenvalue weighted by Crippen LogP contribution is -2.46. The van der Waals surface area contributed by atoms with Crippen molar-refractivity contribution in [2.75, 3.05) is 13.1 Å². The van der Waals surface area contributed by atoms with E-state index in [1.54, 1.807) is 11.3 Å². The zero-order valence-corrected chi connectivity index (χ0v) is 10.8. The molecule has 2 aliphatic heterocycles. The summed E-state index contributed by atoms with van der Waals surface area (Å²) in [6.07, 6.45) is 3.62. The summed E-state index contributed by atoms with van der Waals surface area (Å²) < 4.78 is 0. The van der Waals surface area contributed by atoms with Gasteiger partial charge in [-0.2, -0.15) is 0 Å². The SMILES string of the molecule is Cc1nc(C2(N)CCN3CCCC32)sc1C. The first-order valence-corrected chi connectivity index (χ1v) is 6.90. The minimum absolute atomic E-state index is 0.166. The highest BCUT2D eigenvalue weighted by Gasteiger charge is 2.49. The van der Waals surface area contributed by atoms with Crippen molar-refractivity contribution in [3.05, 3.63) is 15.6 Å². The Balaban J connectivity index is 1.98. The third-order valence-electron chi connectivity index (χ3n) is 4.20. The Labute approximate surface area is 101 Å². The van der Waals surface area contributed by atoms with E-state index in [1.807, 2.05) is 0 Å². The van der Waals surface area contributed by atoms with Crippen LogP contribution in [0.5, 0.6) is 0 Å². The normalized spacial score (nSPS) is 34.6.